The highest BCUT2D eigenvalue weighted by Gasteiger charge is 2.46. The number of ether oxygens (including phenoxy) is 2. The fourth-order valence-electron chi connectivity index (χ4n) is 3.98. The number of aliphatic hydroxyl groups is 1. The molecular formula is C18H23NO6. The van der Waals surface area contributed by atoms with E-state index in [0.29, 0.717) is 19.8 Å². The average Bonchev–Trinajstić information content (AvgIpc) is 2.98. The van der Waals surface area contributed by atoms with Crippen LogP contribution >= 0.6 is 0 Å². The van der Waals surface area contributed by atoms with Crippen molar-refractivity contribution in [2.24, 2.45) is 5.41 Å². The second-order valence-electron chi connectivity index (χ2n) is 6.78. The highest BCUT2D eigenvalue weighted by atomic mass is 16.5. The summed E-state index contributed by atoms with van der Waals surface area (Å²) < 4.78 is 10.6. The molecule has 1 aromatic rings. The van der Waals surface area contributed by atoms with Gasteiger partial charge in [-0.15, -0.1) is 0 Å². The number of nitrogens with zero attached hydrogens (tertiary/aromatic N) is 1. The average molecular weight is 349 g/mol. The van der Waals surface area contributed by atoms with Crippen LogP contribution in [0.5, 0.6) is 5.75 Å². The SMILES string of the molecule is COc1c(C(=O)O)cccc1C(=O)N1CC2(CCOCC2)CC1CO. The molecule has 0 saturated carbocycles. The Morgan fingerprint density at radius 2 is 2.00 bits per heavy atom. The maximum absolute atomic E-state index is 13.1. The molecule has 1 spiro atoms. The quantitative estimate of drug-likeness (QED) is 0.853. The van der Waals surface area contributed by atoms with Crippen LogP contribution in [0.15, 0.2) is 18.2 Å². The number of aromatic carboxylic acids is 1. The summed E-state index contributed by atoms with van der Waals surface area (Å²) in [5, 5.41) is 19.1. The number of likely N-dealkylation sites (tertiary alicyclic amines) is 1. The van der Waals surface area contributed by atoms with E-state index >= 15 is 0 Å². The number of methoxy groups -OCH3 is 1. The van der Waals surface area contributed by atoms with E-state index in [4.69, 9.17) is 9.47 Å². The minimum Gasteiger partial charge on any atom is -0.495 e. The van der Waals surface area contributed by atoms with Crippen molar-refractivity contribution >= 4 is 11.9 Å². The Kier molecular flexibility index (Phi) is 4.96. The summed E-state index contributed by atoms with van der Waals surface area (Å²) in [5.41, 5.74) is 0.137. The van der Waals surface area contributed by atoms with Crippen molar-refractivity contribution in [1.29, 1.82) is 0 Å². The maximum Gasteiger partial charge on any atom is 0.339 e. The summed E-state index contributed by atoms with van der Waals surface area (Å²) in [6.45, 7) is 1.76. The van der Waals surface area contributed by atoms with Crippen molar-refractivity contribution in [2.45, 2.75) is 25.3 Å². The molecule has 2 aliphatic heterocycles. The van der Waals surface area contributed by atoms with E-state index in [2.05, 4.69) is 0 Å². The van der Waals surface area contributed by atoms with Gasteiger partial charge in [0.15, 0.2) is 0 Å². The molecule has 1 unspecified atom stereocenters. The number of carboxylic acids is 1. The van der Waals surface area contributed by atoms with Crippen molar-refractivity contribution in [3.63, 3.8) is 0 Å². The first-order valence-electron chi connectivity index (χ1n) is 8.41. The number of carbonyl (C=O) groups excluding carboxylic acids is 1. The van der Waals surface area contributed by atoms with Gasteiger partial charge in [-0.3, -0.25) is 4.79 Å². The van der Waals surface area contributed by atoms with Gasteiger partial charge < -0.3 is 24.6 Å². The van der Waals surface area contributed by atoms with Crippen molar-refractivity contribution in [3.8, 4) is 5.75 Å². The molecule has 2 heterocycles. The van der Waals surface area contributed by atoms with E-state index in [1.54, 1.807) is 11.0 Å². The van der Waals surface area contributed by atoms with E-state index in [0.717, 1.165) is 19.3 Å². The van der Waals surface area contributed by atoms with Gasteiger partial charge in [-0.05, 0) is 36.8 Å². The summed E-state index contributed by atoms with van der Waals surface area (Å²) >= 11 is 0. The Balaban J connectivity index is 1.92. The van der Waals surface area contributed by atoms with E-state index in [1.165, 1.54) is 19.2 Å². The number of carbonyl (C=O) groups is 2. The van der Waals surface area contributed by atoms with Gasteiger partial charge in [-0.1, -0.05) is 6.07 Å². The number of hydrogen-bond donors (Lipinski definition) is 2. The summed E-state index contributed by atoms with van der Waals surface area (Å²) in [7, 11) is 1.35. The molecule has 2 fully saturated rings. The molecule has 0 radical (unpaired) electrons. The third kappa shape index (κ3) is 3.21. The van der Waals surface area contributed by atoms with Crippen molar-refractivity contribution in [2.75, 3.05) is 33.5 Å². The van der Waals surface area contributed by atoms with Crippen molar-refractivity contribution < 1.29 is 29.3 Å². The smallest absolute Gasteiger partial charge is 0.339 e. The second-order valence-corrected chi connectivity index (χ2v) is 6.78. The molecular weight excluding hydrogens is 326 g/mol. The minimum absolute atomic E-state index is 0.0288. The van der Waals surface area contributed by atoms with Crippen LogP contribution in [0.1, 0.15) is 40.0 Å². The van der Waals surface area contributed by atoms with Gasteiger partial charge in [0.25, 0.3) is 5.91 Å². The van der Waals surface area contributed by atoms with Crippen LogP contribution in [-0.2, 0) is 4.74 Å². The predicted octanol–water partition coefficient (Wildman–Crippen LogP) is 1.40. The first-order valence-corrected chi connectivity index (χ1v) is 8.41. The van der Waals surface area contributed by atoms with Crippen LogP contribution in [0.25, 0.3) is 0 Å². The lowest BCUT2D eigenvalue weighted by molar-refractivity contribution is 0.0189. The number of para-hydroxylation sites is 1. The highest BCUT2D eigenvalue weighted by Crippen LogP contribution is 2.43. The van der Waals surface area contributed by atoms with Crippen LogP contribution in [0.2, 0.25) is 0 Å². The number of aliphatic hydroxyl groups excluding tert-OH is 1. The minimum atomic E-state index is -1.15. The Morgan fingerprint density at radius 3 is 2.60 bits per heavy atom. The van der Waals surface area contributed by atoms with Crippen molar-refractivity contribution in [3.05, 3.63) is 29.3 Å². The van der Waals surface area contributed by atoms with Gasteiger partial charge in [0.1, 0.15) is 11.3 Å². The lowest BCUT2D eigenvalue weighted by Gasteiger charge is -2.33. The molecule has 1 aromatic carbocycles. The number of rotatable bonds is 4. The third-order valence-corrected chi connectivity index (χ3v) is 5.32. The number of amides is 1. The summed E-state index contributed by atoms with van der Waals surface area (Å²) in [4.78, 5) is 26.1. The molecule has 1 amide bonds. The molecule has 0 aliphatic carbocycles. The molecule has 136 valence electrons. The van der Waals surface area contributed by atoms with E-state index in [9.17, 15) is 19.8 Å². The fraction of sp³-hybridized carbons (Fsp3) is 0.556. The largest absolute Gasteiger partial charge is 0.495 e. The van der Waals surface area contributed by atoms with Gasteiger partial charge in [0, 0.05) is 19.8 Å². The van der Waals surface area contributed by atoms with Crippen molar-refractivity contribution in [1.82, 2.24) is 4.90 Å². The zero-order chi connectivity index (χ0) is 18.0. The Bertz CT molecular complexity index is 668. The molecule has 1 atom stereocenters. The Morgan fingerprint density at radius 1 is 1.32 bits per heavy atom. The topological polar surface area (TPSA) is 96.3 Å². The van der Waals surface area contributed by atoms with Crippen LogP contribution in [0, 0.1) is 5.41 Å². The van der Waals surface area contributed by atoms with Gasteiger partial charge in [-0.25, -0.2) is 4.79 Å². The molecule has 2 N–H and O–H groups in total. The molecule has 25 heavy (non-hydrogen) atoms. The molecule has 2 saturated heterocycles. The molecule has 7 nitrogen and oxygen atoms in total. The first kappa shape index (κ1) is 17.7. The van der Waals surface area contributed by atoms with Gasteiger partial charge >= 0.3 is 5.97 Å². The number of hydrogen-bond acceptors (Lipinski definition) is 5. The maximum atomic E-state index is 13.1. The van der Waals surface area contributed by atoms with Crippen LogP contribution in [0.3, 0.4) is 0 Å². The lowest BCUT2D eigenvalue weighted by Crippen LogP contribution is -2.39. The van der Waals surface area contributed by atoms with Crippen LogP contribution < -0.4 is 4.74 Å². The monoisotopic (exact) mass is 349 g/mol. The van der Waals surface area contributed by atoms with Gasteiger partial charge in [0.2, 0.25) is 0 Å². The zero-order valence-corrected chi connectivity index (χ0v) is 14.2. The molecule has 7 heteroatoms. The number of carboxylic acid groups (broad SMARTS) is 1. The second kappa shape index (κ2) is 7.01. The van der Waals surface area contributed by atoms with E-state index in [-0.39, 0.29) is 40.8 Å². The normalized spacial score (nSPS) is 22.2. The Hall–Kier alpha value is -2.12. The molecule has 2 aliphatic rings. The third-order valence-electron chi connectivity index (χ3n) is 5.32. The summed E-state index contributed by atoms with van der Waals surface area (Å²) in [6.07, 6.45) is 2.46. The van der Waals surface area contributed by atoms with Crippen LogP contribution in [-0.4, -0.2) is 66.5 Å². The van der Waals surface area contributed by atoms with E-state index in [1.807, 2.05) is 0 Å². The summed E-state index contributed by atoms with van der Waals surface area (Å²) in [5.74, 6) is -1.39. The molecule has 3 rings (SSSR count). The Labute approximate surface area is 146 Å². The fourth-order valence-corrected chi connectivity index (χ4v) is 3.98. The van der Waals surface area contributed by atoms with Gasteiger partial charge in [-0.2, -0.15) is 0 Å². The predicted molar refractivity (Wildman–Crippen MR) is 89.0 cm³/mol. The zero-order valence-electron chi connectivity index (χ0n) is 14.2. The molecule has 0 aromatic heterocycles. The standard InChI is InChI=1S/C18H23NO6/c1-24-15-13(3-2-4-14(15)17(22)23)16(21)19-11-18(9-12(19)10-20)5-7-25-8-6-18/h2-4,12,20H,5-11H2,1H3,(H,22,23). The highest BCUT2D eigenvalue weighted by molar-refractivity contribution is 6.02. The van der Waals surface area contributed by atoms with Gasteiger partial charge in [0.05, 0.1) is 25.3 Å². The molecule has 0 bridgehead atoms. The van der Waals surface area contributed by atoms with E-state index < -0.39 is 5.97 Å². The first-order chi connectivity index (χ1) is 12.0. The lowest BCUT2D eigenvalue weighted by atomic mass is 9.78. The van der Waals surface area contributed by atoms with Crippen LogP contribution in [0.4, 0.5) is 0 Å². The number of benzene rings is 1. The summed E-state index contributed by atoms with van der Waals surface area (Å²) in [6, 6.07) is 4.24.